The lowest BCUT2D eigenvalue weighted by Gasteiger charge is -2.32. The van der Waals surface area contributed by atoms with Crippen LogP contribution in [0.5, 0.6) is 0 Å². The van der Waals surface area contributed by atoms with Crippen molar-refractivity contribution in [3.05, 3.63) is 45.3 Å². The fraction of sp³-hybridized carbons (Fsp3) is 0.550. The number of piperidine rings is 1. The summed E-state index contributed by atoms with van der Waals surface area (Å²) in [5.74, 6) is 0.689. The molecule has 0 N–H and O–H groups in total. The zero-order chi connectivity index (χ0) is 17.1. The summed E-state index contributed by atoms with van der Waals surface area (Å²) in [6.07, 6.45) is 3.60. The number of rotatable bonds is 5. The number of ether oxygens (including phenoxy) is 1. The Labute approximate surface area is 143 Å². The highest BCUT2D eigenvalue weighted by atomic mass is 16.5. The van der Waals surface area contributed by atoms with Crippen molar-refractivity contribution in [2.75, 3.05) is 26.8 Å². The van der Waals surface area contributed by atoms with Crippen molar-refractivity contribution in [1.82, 2.24) is 4.90 Å². The fourth-order valence-electron chi connectivity index (χ4n) is 3.67. The van der Waals surface area contributed by atoms with Gasteiger partial charge in [-0.25, -0.2) is 4.79 Å². The van der Waals surface area contributed by atoms with Crippen molar-refractivity contribution in [2.24, 2.45) is 5.92 Å². The van der Waals surface area contributed by atoms with Crippen LogP contribution in [0.1, 0.15) is 36.0 Å². The SMILES string of the molecule is COCCC1CCCN(Cc2cc(=O)oc3cc(C)c(C)cc23)C1. The molecule has 0 radical (unpaired) electrons. The van der Waals surface area contributed by atoms with Crippen molar-refractivity contribution >= 4 is 11.0 Å². The molecule has 0 spiro atoms. The molecule has 1 unspecified atom stereocenters. The molecule has 24 heavy (non-hydrogen) atoms. The van der Waals surface area contributed by atoms with Crippen molar-refractivity contribution < 1.29 is 9.15 Å². The highest BCUT2D eigenvalue weighted by Crippen LogP contribution is 2.25. The molecule has 4 nitrogen and oxygen atoms in total. The third-order valence-electron chi connectivity index (χ3n) is 5.17. The lowest BCUT2D eigenvalue weighted by molar-refractivity contribution is 0.123. The summed E-state index contributed by atoms with van der Waals surface area (Å²) >= 11 is 0. The first-order valence-corrected chi connectivity index (χ1v) is 8.82. The predicted octanol–water partition coefficient (Wildman–Crippen LogP) is 3.66. The summed E-state index contributed by atoms with van der Waals surface area (Å²) < 4.78 is 10.6. The molecule has 2 aromatic rings. The number of likely N-dealkylation sites (tertiary alicyclic amines) is 1. The molecule has 0 saturated carbocycles. The molecule has 0 bridgehead atoms. The van der Waals surface area contributed by atoms with Crippen molar-refractivity contribution in [2.45, 2.75) is 39.7 Å². The molecule has 1 fully saturated rings. The Hall–Kier alpha value is -1.65. The summed E-state index contributed by atoms with van der Waals surface area (Å²) in [6.45, 7) is 7.96. The van der Waals surface area contributed by atoms with Gasteiger partial charge in [0, 0.05) is 38.3 Å². The van der Waals surface area contributed by atoms with Gasteiger partial charge >= 0.3 is 5.63 Å². The van der Waals surface area contributed by atoms with E-state index in [0.29, 0.717) is 11.5 Å². The molecule has 0 amide bonds. The van der Waals surface area contributed by atoms with Gasteiger partial charge in [-0.05, 0) is 74.4 Å². The third-order valence-corrected chi connectivity index (χ3v) is 5.17. The standard InChI is InChI=1S/C20H27NO3/c1-14-9-18-17(11-20(22)24-19(18)10-15(14)2)13-21-7-4-5-16(12-21)6-8-23-3/h9-11,16H,4-8,12-13H2,1-3H3. The van der Waals surface area contributed by atoms with Gasteiger partial charge in [0.15, 0.2) is 0 Å². The number of hydrogen-bond donors (Lipinski definition) is 0. The fourth-order valence-corrected chi connectivity index (χ4v) is 3.67. The van der Waals surface area contributed by atoms with Gasteiger partial charge in [-0.1, -0.05) is 0 Å². The normalized spacial score (nSPS) is 19.0. The number of hydrogen-bond acceptors (Lipinski definition) is 4. The van der Waals surface area contributed by atoms with E-state index in [1.54, 1.807) is 13.2 Å². The Bertz CT molecular complexity index is 765. The first-order chi connectivity index (χ1) is 11.6. The Morgan fingerprint density at radius 1 is 1.25 bits per heavy atom. The van der Waals surface area contributed by atoms with Gasteiger partial charge in [0.25, 0.3) is 0 Å². The van der Waals surface area contributed by atoms with E-state index in [1.165, 1.54) is 18.4 Å². The number of nitrogens with zero attached hydrogens (tertiary/aromatic N) is 1. The second-order valence-electron chi connectivity index (χ2n) is 7.05. The maximum Gasteiger partial charge on any atom is 0.336 e. The summed E-state index contributed by atoms with van der Waals surface area (Å²) in [6, 6.07) is 5.79. The quantitative estimate of drug-likeness (QED) is 0.785. The molecular weight excluding hydrogens is 302 g/mol. The largest absolute Gasteiger partial charge is 0.423 e. The maximum absolute atomic E-state index is 11.9. The Morgan fingerprint density at radius 3 is 2.83 bits per heavy atom. The lowest BCUT2D eigenvalue weighted by atomic mass is 9.94. The van der Waals surface area contributed by atoms with E-state index in [4.69, 9.17) is 9.15 Å². The highest BCUT2D eigenvalue weighted by molar-refractivity contribution is 5.81. The van der Waals surface area contributed by atoms with Crippen LogP contribution < -0.4 is 5.63 Å². The topological polar surface area (TPSA) is 42.7 Å². The van der Waals surface area contributed by atoms with Gasteiger partial charge in [0.1, 0.15) is 5.58 Å². The number of aryl methyl sites for hydroxylation is 2. The average Bonchev–Trinajstić information content (AvgIpc) is 2.55. The molecule has 4 heteroatoms. The molecular formula is C20H27NO3. The lowest BCUT2D eigenvalue weighted by Crippen LogP contribution is -2.35. The molecule has 1 saturated heterocycles. The average molecular weight is 329 g/mol. The van der Waals surface area contributed by atoms with Gasteiger partial charge < -0.3 is 9.15 Å². The summed E-state index contributed by atoms with van der Waals surface area (Å²) in [5.41, 5.74) is 3.91. The van der Waals surface area contributed by atoms with E-state index in [2.05, 4.69) is 17.9 Å². The second kappa shape index (κ2) is 7.49. The minimum Gasteiger partial charge on any atom is -0.423 e. The van der Waals surface area contributed by atoms with Crippen LogP contribution >= 0.6 is 0 Å². The Balaban J connectivity index is 1.84. The Morgan fingerprint density at radius 2 is 2.04 bits per heavy atom. The van der Waals surface area contributed by atoms with Gasteiger partial charge in [-0.3, -0.25) is 4.90 Å². The number of fused-ring (bicyclic) bond motifs is 1. The molecule has 0 aliphatic carbocycles. The number of benzene rings is 1. The van der Waals surface area contributed by atoms with Gasteiger partial charge in [-0.15, -0.1) is 0 Å². The van der Waals surface area contributed by atoms with Crippen LogP contribution in [0.3, 0.4) is 0 Å². The zero-order valence-electron chi connectivity index (χ0n) is 14.9. The van der Waals surface area contributed by atoms with Gasteiger partial charge in [0.2, 0.25) is 0 Å². The number of methoxy groups -OCH3 is 1. The third kappa shape index (κ3) is 3.87. The Kier molecular flexibility index (Phi) is 5.36. The van der Waals surface area contributed by atoms with E-state index in [-0.39, 0.29) is 5.63 Å². The highest BCUT2D eigenvalue weighted by Gasteiger charge is 2.21. The first kappa shape index (κ1) is 17.2. The molecule has 1 atom stereocenters. The molecule has 2 heterocycles. The van der Waals surface area contributed by atoms with Crippen LogP contribution in [0.15, 0.2) is 27.4 Å². The van der Waals surface area contributed by atoms with Crippen LogP contribution in [0, 0.1) is 19.8 Å². The molecule has 1 aliphatic heterocycles. The van der Waals surface area contributed by atoms with Crippen molar-refractivity contribution in [1.29, 1.82) is 0 Å². The van der Waals surface area contributed by atoms with Crippen LogP contribution in [-0.4, -0.2) is 31.7 Å². The molecule has 1 aromatic carbocycles. The predicted molar refractivity (Wildman–Crippen MR) is 96.5 cm³/mol. The summed E-state index contributed by atoms with van der Waals surface area (Å²) in [7, 11) is 1.76. The van der Waals surface area contributed by atoms with Gasteiger partial charge in [-0.2, -0.15) is 0 Å². The molecule has 130 valence electrons. The molecule has 1 aromatic heterocycles. The second-order valence-corrected chi connectivity index (χ2v) is 7.05. The minimum atomic E-state index is -0.256. The van der Waals surface area contributed by atoms with E-state index in [0.717, 1.165) is 49.2 Å². The minimum absolute atomic E-state index is 0.256. The van der Waals surface area contributed by atoms with Crippen LogP contribution in [0.4, 0.5) is 0 Å². The van der Waals surface area contributed by atoms with Crippen molar-refractivity contribution in [3.63, 3.8) is 0 Å². The summed E-state index contributed by atoms with van der Waals surface area (Å²) in [4.78, 5) is 14.4. The monoisotopic (exact) mass is 329 g/mol. The molecule has 1 aliphatic rings. The van der Waals surface area contributed by atoms with Gasteiger partial charge in [0.05, 0.1) is 0 Å². The molecule has 3 rings (SSSR count). The van der Waals surface area contributed by atoms with E-state index in [9.17, 15) is 4.79 Å². The maximum atomic E-state index is 11.9. The first-order valence-electron chi connectivity index (χ1n) is 8.82. The summed E-state index contributed by atoms with van der Waals surface area (Å²) in [5, 5.41) is 1.07. The van der Waals surface area contributed by atoms with E-state index < -0.39 is 0 Å². The van der Waals surface area contributed by atoms with Crippen molar-refractivity contribution in [3.8, 4) is 0 Å². The zero-order valence-corrected chi connectivity index (χ0v) is 14.9. The van der Waals surface area contributed by atoms with Crippen LogP contribution in [0.25, 0.3) is 11.0 Å². The van der Waals surface area contributed by atoms with E-state index >= 15 is 0 Å². The van der Waals surface area contributed by atoms with Crippen LogP contribution in [-0.2, 0) is 11.3 Å². The van der Waals surface area contributed by atoms with Crippen LogP contribution in [0.2, 0.25) is 0 Å². The van der Waals surface area contributed by atoms with E-state index in [1.807, 2.05) is 13.0 Å². The smallest absolute Gasteiger partial charge is 0.336 e.